The molecule has 0 radical (unpaired) electrons. The van der Waals surface area contributed by atoms with E-state index in [1.807, 2.05) is 30.8 Å². The second-order valence-corrected chi connectivity index (χ2v) is 3.77. The van der Waals surface area contributed by atoms with Crippen LogP contribution in [0.4, 0.5) is 5.95 Å². The van der Waals surface area contributed by atoms with E-state index in [1.54, 1.807) is 0 Å². The number of nitrogens with zero attached hydrogens (tertiary/aromatic N) is 3. The van der Waals surface area contributed by atoms with Crippen LogP contribution in [0.1, 0.15) is 6.92 Å². The van der Waals surface area contributed by atoms with Crippen LogP contribution in [0.15, 0.2) is 24.5 Å². The van der Waals surface area contributed by atoms with Crippen molar-refractivity contribution in [2.45, 2.75) is 6.92 Å². The van der Waals surface area contributed by atoms with Gasteiger partial charge in [-0.2, -0.15) is 4.98 Å². The van der Waals surface area contributed by atoms with Crippen molar-refractivity contribution in [3.05, 3.63) is 29.7 Å². The molecule has 5 heteroatoms. The van der Waals surface area contributed by atoms with Crippen LogP contribution in [0, 0.1) is 0 Å². The Kier molecular flexibility index (Phi) is 2.36. The Morgan fingerprint density at radius 2 is 2.27 bits per heavy atom. The number of hydrogen-bond donors (Lipinski definition) is 1. The zero-order valence-corrected chi connectivity index (χ0v) is 9.34. The molecule has 0 aliphatic carbocycles. The Hall–Kier alpha value is -1.55. The second-order valence-electron chi connectivity index (χ2n) is 3.41. The summed E-state index contributed by atoms with van der Waals surface area (Å²) in [4.78, 5) is 8.46. The lowest BCUT2D eigenvalue weighted by Crippen LogP contribution is -2.01. The summed E-state index contributed by atoms with van der Waals surface area (Å²) in [5.74, 6) is 0.474. The molecule has 0 amide bonds. The summed E-state index contributed by atoms with van der Waals surface area (Å²) in [7, 11) is 1.91. The molecule has 0 spiro atoms. The van der Waals surface area contributed by atoms with Gasteiger partial charge in [-0.25, -0.2) is 4.98 Å². The number of anilines is 1. The minimum absolute atomic E-state index is 0.448. The molecule has 2 aromatic rings. The monoisotopic (exact) mass is 222 g/mol. The molecule has 2 aromatic heterocycles. The summed E-state index contributed by atoms with van der Waals surface area (Å²) < 4.78 is 1.90. The van der Waals surface area contributed by atoms with Gasteiger partial charge in [0.2, 0.25) is 5.95 Å². The van der Waals surface area contributed by atoms with Crippen LogP contribution in [0.25, 0.3) is 11.0 Å². The number of aryl methyl sites for hydroxylation is 1. The largest absolute Gasteiger partial charge is 0.335 e. The lowest BCUT2D eigenvalue weighted by molar-refractivity contribution is 0.944. The van der Waals surface area contributed by atoms with Crippen molar-refractivity contribution in [1.29, 1.82) is 0 Å². The Balaban J connectivity index is 2.59. The number of rotatable bonds is 2. The van der Waals surface area contributed by atoms with Crippen LogP contribution in [0.2, 0.25) is 5.15 Å². The second kappa shape index (κ2) is 3.55. The first-order valence-corrected chi connectivity index (χ1v) is 4.87. The number of nitrogens with one attached hydrogen (secondary N) is 1. The molecule has 0 unspecified atom stereocenters. The van der Waals surface area contributed by atoms with Crippen LogP contribution in [-0.4, -0.2) is 14.5 Å². The topological polar surface area (TPSA) is 42.7 Å². The summed E-state index contributed by atoms with van der Waals surface area (Å²) in [6, 6.07) is 1.89. The number of hydrogen-bond acceptors (Lipinski definition) is 3. The molecule has 2 heterocycles. The van der Waals surface area contributed by atoms with E-state index in [4.69, 9.17) is 11.6 Å². The molecule has 2 rings (SSSR count). The Bertz CT molecular complexity index is 529. The molecular weight excluding hydrogens is 212 g/mol. The van der Waals surface area contributed by atoms with Crippen molar-refractivity contribution in [2.75, 3.05) is 5.32 Å². The maximum atomic E-state index is 6.02. The van der Waals surface area contributed by atoms with E-state index in [2.05, 4.69) is 21.9 Å². The van der Waals surface area contributed by atoms with Crippen molar-refractivity contribution in [3.63, 3.8) is 0 Å². The van der Waals surface area contributed by atoms with E-state index in [1.165, 1.54) is 0 Å². The van der Waals surface area contributed by atoms with Gasteiger partial charge >= 0.3 is 0 Å². The van der Waals surface area contributed by atoms with Crippen molar-refractivity contribution in [1.82, 2.24) is 14.5 Å². The fourth-order valence-electron chi connectivity index (χ4n) is 1.35. The number of halogens is 1. The molecule has 78 valence electrons. The summed E-state index contributed by atoms with van der Waals surface area (Å²) in [6.45, 7) is 5.57. The van der Waals surface area contributed by atoms with Crippen molar-refractivity contribution < 1.29 is 0 Å². The van der Waals surface area contributed by atoms with Gasteiger partial charge in [0, 0.05) is 18.9 Å². The Labute approximate surface area is 92.6 Å². The van der Waals surface area contributed by atoms with Crippen molar-refractivity contribution >= 4 is 28.6 Å². The van der Waals surface area contributed by atoms with Crippen LogP contribution in [-0.2, 0) is 7.05 Å². The normalized spacial score (nSPS) is 10.6. The van der Waals surface area contributed by atoms with Gasteiger partial charge in [-0.1, -0.05) is 18.2 Å². The molecular formula is C10H11ClN4. The van der Waals surface area contributed by atoms with Crippen LogP contribution in [0.5, 0.6) is 0 Å². The molecule has 1 N–H and O–H groups in total. The molecule has 0 saturated carbocycles. The third-order valence-corrected chi connectivity index (χ3v) is 2.29. The first-order chi connectivity index (χ1) is 7.08. The van der Waals surface area contributed by atoms with Crippen molar-refractivity contribution in [2.24, 2.45) is 7.05 Å². The van der Waals surface area contributed by atoms with Crippen LogP contribution >= 0.6 is 11.6 Å². The Morgan fingerprint density at radius 3 is 2.93 bits per heavy atom. The van der Waals surface area contributed by atoms with Gasteiger partial charge in [0.05, 0.1) is 5.39 Å². The molecule has 0 aromatic carbocycles. The summed E-state index contributed by atoms with van der Waals surface area (Å²) in [5, 5.41) is 4.24. The zero-order valence-electron chi connectivity index (χ0n) is 8.58. The average molecular weight is 223 g/mol. The van der Waals surface area contributed by atoms with E-state index >= 15 is 0 Å². The average Bonchev–Trinajstić information content (AvgIpc) is 2.47. The number of fused-ring (bicyclic) bond motifs is 1. The minimum atomic E-state index is 0.448. The molecule has 0 aliphatic heterocycles. The first-order valence-electron chi connectivity index (χ1n) is 4.49. The third-order valence-electron chi connectivity index (χ3n) is 2.00. The van der Waals surface area contributed by atoms with Gasteiger partial charge in [0.1, 0.15) is 10.8 Å². The molecule has 15 heavy (non-hydrogen) atoms. The summed E-state index contributed by atoms with van der Waals surface area (Å²) >= 11 is 6.02. The van der Waals surface area contributed by atoms with Crippen molar-refractivity contribution in [3.8, 4) is 0 Å². The standard InChI is InChI=1S/C10H11ClN4/c1-6(2)12-10-13-8(11)7-4-5-15(3)9(7)14-10/h4-5H,1H2,2-3H3,(H,12,13,14). The maximum Gasteiger partial charge on any atom is 0.230 e. The highest BCUT2D eigenvalue weighted by Gasteiger charge is 2.08. The van der Waals surface area contributed by atoms with Gasteiger partial charge in [-0.3, -0.25) is 0 Å². The van der Waals surface area contributed by atoms with Gasteiger partial charge in [0.15, 0.2) is 0 Å². The van der Waals surface area contributed by atoms with Crippen LogP contribution < -0.4 is 5.32 Å². The molecule has 0 atom stereocenters. The minimum Gasteiger partial charge on any atom is -0.335 e. The quantitative estimate of drug-likeness (QED) is 0.795. The van der Waals surface area contributed by atoms with E-state index in [9.17, 15) is 0 Å². The predicted molar refractivity (Wildman–Crippen MR) is 62.0 cm³/mol. The summed E-state index contributed by atoms with van der Waals surface area (Å²) in [6.07, 6.45) is 1.90. The molecule has 0 saturated heterocycles. The SMILES string of the molecule is C=C(C)Nc1nc(Cl)c2ccn(C)c2n1. The molecule has 0 aliphatic rings. The van der Waals surface area contributed by atoms with E-state index in [0.29, 0.717) is 11.1 Å². The highest BCUT2D eigenvalue weighted by atomic mass is 35.5. The highest BCUT2D eigenvalue weighted by molar-refractivity contribution is 6.34. The molecule has 4 nitrogen and oxygen atoms in total. The lowest BCUT2D eigenvalue weighted by atomic mass is 10.4. The van der Waals surface area contributed by atoms with Gasteiger partial charge in [0.25, 0.3) is 0 Å². The van der Waals surface area contributed by atoms with E-state index < -0.39 is 0 Å². The Morgan fingerprint density at radius 1 is 1.53 bits per heavy atom. The van der Waals surface area contributed by atoms with Crippen LogP contribution in [0.3, 0.4) is 0 Å². The molecule has 0 fully saturated rings. The van der Waals surface area contributed by atoms with E-state index in [-0.39, 0.29) is 0 Å². The summed E-state index contributed by atoms with van der Waals surface area (Å²) in [5.41, 5.74) is 1.58. The van der Waals surface area contributed by atoms with E-state index in [0.717, 1.165) is 16.7 Å². The predicted octanol–water partition coefficient (Wildman–Crippen LogP) is 2.57. The first kappa shape index (κ1) is 9.98. The number of aromatic nitrogens is 3. The maximum absolute atomic E-state index is 6.02. The zero-order chi connectivity index (χ0) is 11.0. The highest BCUT2D eigenvalue weighted by Crippen LogP contribution is 2.22. The fourth-order valence-corrected chi connectivity index (χ4v) is 1.57. The van der Waals surface area contributed by atoms with Gasteiger partial charge in [-0.15, -0.1) is 0 Å². The van der Waals surface area contributed by atoms with Gasteiger partial charge in [-0.05, 0) is 13.0 Å². The number of allylic oxidation sites excluding steroid dienone is 1. The van der Waals surface area contributed by atoms with Gasteiger partial charge < -0.3 is 9.88 Å². The third kappa shape index (κ3) is 1.80. The smallest absolute Gasteiger partial charge is 0.230 e. The molecule has 0 bridgehead atoms. The lowest BCUT2D eigenvalue weighted by Gasteiger charge is -2.04. The fraction of sp³-hybridized carbons (Fsp3) is 0.200.